The number of rotatable bonds is 4. The van der Waals surface area contributed by atoms with Crippen LogP contribution in [0, 0.1) is 0 Å². The van der Waals surface area contributed by atoms with Crippen LogP contribution in [0.25, 0.3) is 0 Å². The van der Waals surface area contributed by atoms with Crippen LogP contribution in [-0.4, -0.2) is 20.8 Å². The molecule has 0 atom stereocenters. The first kappa shape index (κ1) is 14.8. The Morgan fingerprint density at radius 3 is 2.09 bits per heavy atom. The summed E-state index contributed by atoms with van der Waals surface area (Å²) in [7, 11) is 1.84. The Bertz CT molecular complexity index is 730. The number of hydrogen-bond donors (Lipinski definition) is 1. The van der Waals surface area contributed by atoms with Crippen molar-refractivity contribution < 1.29 is 4.79 Å². The van der Waals surface area contributed by atoms with E-state index < -0.39 is 0 Å². The standard InChI is InChI=1S/C17H17N5O/c1-21-13-19-20-16(21)12-18-17(23)22(14-8-4-2-5-9-14)15-10-6-3-7-11-15/h2-11,13H,12H2,1H3,(H,18,23). The third-order valence-corrected chi connectivity index (χ3v) is 3.43. The van der Waals surface area contributed by atoms with E-state index in [4.69, 9.17) is 0 Å². The fourth-order valence-electron chi connectivity index (χ4n) is 2.24. The van der Waals surface area contributed by atoms with Gasteiger partial charge in [-0.05, 0) is 24.3 Å². The molecule has 6 heteroatoms. The molecule has 0 aliphatic heterocycles. The molecule has 1 heterocycles. The lowest BCUT2D eigenvalue weighted by Gasteiger charge is -2.23. The van der Waals surface area contributed by atoms with Gasteiger partial charge in [-0.15, -0.1) is 10.2 Å². The summed E-state index contributed by atoms with van der Waals surface area (Å²) >= 11 is 0. The molecule has 23 heavy (non-hydrogen) atoms. The molecule has 116 valence electrons. The molecular weight excluding hydrogens is 290 g/mol. The number of aryl methyl sites for hydroxylation is 1. The molecule has 6 nitrogen and oxygen atoms in total. The molecule has 0 aliphatic carbocycles. The number of amides is 2. The van der Waals surface area contributed by atoms with E-state index in [2.05, 4.69) is 15.5 Å². The second kappa shape index (κ2) is 6.74. The van der Waals surface area contributed by atoms with Crippen molar-refractivity contribution >= 4 is 17.4 Å². The number of nitrogens with one attached hydrogen (secondary N) is 1. The smallest absolute Gasteiger partial charge is 0.326 e. The predicted molar refractivity (Wildman–Crippen MR) is 88.3 cm³/mol. The van der Waals surface area contributed by atoms with E-state index in [1.807, 2.05) is 67.7 Å². The number of anilines is 2. The van der Waals surface area contributed by atoms with Crippen molar-refractivity contribution in [3.63, 3.8) is 0 Å². The van der Waals surface area contributed by atoms with E-state index in [0.717, 1.165) is 11.4 Å². The summed E-state index contributed by atoms with van der Waals surface area (Å²) in [5, 5.41) is 10.7. The topological polar surface area (TPSA) is 63.1 Å². The van der Waals surface area contributed by atoms with Gasteiger partial charge in [0.2, 0.25) is 0 Å². The van der Waals surface area contributed by atoms with Gasteiger partial charge in [0.25, 0.3) is 0 Å². The zero-order valence-electron chi connectivity index (χ0n) is 12.8. The Labute approximate surface area is 134 Å². The van der Waals surface area contributed by atoms with Crippen molar-refractivity contribution in [2.24, 2.45) is 7.05 Å². The fourth-order valence-corrected chi connectivity index (χ4v) is 2.24. The molecule has 0 unspecified atom stereocenters. The molecule has 3 aromatic rings. The molecular formula is C17H17N5O. The van der Waals surface area contributed by atoms with Gasteiger partial charge in [-0.2, -0.15) is 0 Å². The molecule has 0 bridgehead atoms. The Morgan fingerprint density at radius 2 is 1.61 bits per heavy atom. The van der Waals surface area contributed by atoms with Crippen LogP contribution in [0.5, 0.6) is 0 Å². The highest BCUT2D eigenvalue weighted by Crippen LogP contribution is 2.24. The molecule has 0 spiro atoms. The lowest BCUT2D eigenvalue weighted by Crippen LogP contribution is -2.37. The maximum absolute atomic E-state index is 12.7. The Hall–Kier alpha value is -3.15. The minimum Gasteiger partial charge on any atom is -0.330 e. The van der Waals surface area contributed by atoms with Crippen LogP contribution in [0.2, 0.25) is 0 Å². The van der Waals surface area contributed by atoms with Gasteiger partial charge in [-0.1, -0.05) is 36.4 Å². The zero-order chi connectivity index (χ0) is 16.1. The second-order valence-corrected chi connectivity index (χ2v) is 5.02. The van der Waals surface area contributed by atoms with Crippen molar-refractivity contribution in [1.29, 1.82) is 0 Å². The summed E-state index contributed by atoms with van der Waals surface area (Å²) in [5.41, 5.74) is 1.60. The van der Waals surface area contributed by atoms with E-state index in [1.165, 1.54) is 0 Å². The van der Waals surface area contributed by atoms with Crippen molar-refractivity contribution in [2.45, 2.75) is 6.54 Å². The molecule has 2 amide bonds. The van der Waals surface area contributed by atoms with Crippen molar-refractivity contribution in [1.82, 2.24) is 20.1 Å². The fraction of sp³-hybridized carbons (Fsp3) is 0.118. The Morgan fingerprint density at radius 1 is 1.04 bits per heavy atom. The van der Waals surface area contributed by atoms with Crippen LogP contribution >= 0.6 is 0 Å². The summed E-state index contributed by atoms with van der Waals surface area (Å²) in [6.45, 7) is 0.311. The summed E-state index contributed by atoms with van der Waals surface area (Å²) in [6.07, 6.45) is 1.60. The van der Waals surface area contributed by atoms with E-state index in [-0.39, 0.29) is 6.03 Å². The molecule has 2 aromatic carbocycles. The highest BCUT2D eigenvalue weighted by atomic mass is 16.2. The Balaban J connectivity index is 1.83. The highest BCUT2D eigenvalue weighted by Gasteiger charge is 2.17. The first-order chi connectivity index (χ1) is 11.3. The Kier molecular flexibility index (Phi) is 4.33. The molecule has 0 aliphatic rings. The quantitative estimate of drug-likeness (QED) is 0.806. The van der Waals surface area contributed by atoms with Gasteiger partial charge >= 0.3 is 6.03 Å². The lowest BCUT2D eigenvalue weighted by molar-refractivity contribution is 0.248. The maximum Gasteiger partial charge on any atom is 0.326 e. The number of benzene rings is 2. The third-order valence-electron chi connectivity index (χ3n) is 3.43. The van der Waals surface area contributed by atoms with E-state index in [9.17, 15) is 4.79 Å². The SMILES string of the molecule is Cn1cnnc1CNC(=O)N(c1ccccc1)c1ccccc1. The van der Waals surface area contributed by atoms with Crippen LogP contribution in [0.15, 0.2) is 67.0 Å². The number of aromatic nitrogens is 3. The molecule has 0 radical (unpaired) electrons. The molecule has 3 rings (SSSR count). The molecule has 0 saturated carbocycles. The van der Waals surface area contributed by atoms with E-state index >= 15 is 0 Å². The summed E-state index contributed by atoms with van der Waals surface area (Å²) < 4.78 is 1.77. The van der Waals surface area contributed by atoms with Crippen LogP contribution in [0.3, 0.4) is 0 Å². The predicted octanol–water partition coefficient (Wildman–Crippen LogP) is 2.86. The van der Waals surface area contributed by atoms with E-state index in [1.54, 1.807) is 15.8 Å². The van der Waals surface area contributed by atoms with Crippen LogP contribution in [0.1, 0.15) is 5.82 Å². The van der Waals surface area contributed by atoms with Crippen LogP contribution in [0.4, 0.5) is 16.2 Å². The van der Waals surface area contributed by atoms with Gasteiger partial charge in [0, 0.05) is 7.05 Å². The minimum absolute atomic E-state index is 0.217. The van der Waals surface area contributed by atoms with Gasteiger partial charge in [-0.25, -0.2) is 4.79 Å². The lowest BCUT2D eigenvalue weighted by atomic mass is 10.2. The molecule has 1 N–H and O–H groups in total. The third kappa shape index (κ3) is 3.37. The second-order valence-electron chi connectivity index (χ2n) is 5.02. The number of nitrogens with zero attached hydrogens (tertiary/aromatic N) is 4. The molecule has 1 aromatic heterocycles. The maximum atomic E-state index is 12.7. The highest BCUT2D eigenvalue weighted by molar-refractivity contribution is 5.99. The average molecular weight is 307 g/mol. The number of urea groups is 1. The van der Waals surface area contributed by atoms with Gasteiger partial charge in [-0.3, -0.25) is 4.90 Å². The zero-order valence-corrected chi connectivity index (χ0v) is 12.8. The minimum atomic E-state index is -0.217. The van der Waals surface area contributed by atoms with Gasteiger partial charge in [0.1, 0.15) is 6.33 Å². The number of carbonyl (C=O) groups excluding carboxylic acids is 1. The van der Waals surface area contributed by atoms with E-state index in [0.29, 0.717) is 12.4 Å². The van der Waals surface area contributed by atoms with Crippen molar-refractivity contribution in [2.75, 3.05) is 4.90 Å². The van der Waals surface area contributed by atoms with Gasteiger partial charge in [0.05, 0.1) is 17.9 Å². The van der Waals surface area contributed by atoms with Crippen LogP contribution in [-0.2, 0) is 13.6 Å². The van der Waals surface area contributed by atoms with Gasteiger partial charge in [0.15, 0.2) is 5.82 Å². The summed E-state index contributed by atoms with van der Waals surface area (Å²) in [6, 6.07) is 18.8. The van der Waals surface area contributed by atoms with Crippen LogP contribution < -0.4 is 10.2 Å². The molecule has 0 fully saturated rings. The first-order valence-corrected chi connectivity index (χ1v) is 7.26. The van der Waals surface area contributed by atoms with Crippen molar-refractivity contribution in [3.8, 4) is 0 Å². The first-order valence-electron chi connectivity index (χ1n) is 7.26. The summed E-state index contributed by atoms with van der Waals surface area (Å²) in [5.74, 6) is 0.694. The summed E-state index contributed by atoms with van der Waals surface area (Å²) in [4.78, 5) is 14.3. The normalized spacial score (nSPS) is 10.3. The average Bonchev–Trinajstić information content (AvgIpc) is 3.00. The van der Waals surface area contributed by atoms with Crippen molar-refractivity contribution in [3.05, 3.63) is 72.8 Å². The number of para-hydroxylation sites is 2. The molecule has 0 saturated heterocycles. The van der Waals surface area contributed by atoms with Gasteiger partial charge < -0.3 is 9.88 Å². The number of hydrogen-bond acceptors (Lipinski definition) is 3. The largest absolute Gasteiger partial charge is 0.330 e. The monoisotopic (exact) mass is 307 g/mol. The number of carbonyl (C=O) groups is 1.